The highest BCUT2D eigenvalue weighted by atomic mass is 16.5. The molecule has 1 aliphatic heterocycles. The molecule has 0 aromatic heterocycles. The predicted octanol–water partition coefficient (Wildman–Crippen LogP) is 0.748. The van der Waals surface area contributed by atoms with Gasteiger partial charge in [0.25, 0.3) is 0 Å². The summed E-state index contributed by atoms with van der Waals surface area (Å²) < 4.78 is 9.98. The van der Waals surface area contributed by atoms with Crippen molar-refractivity contribution in [3.63, 3.8) is 0 Å². The standard InChI is InChI=1S/C16H21N3O4/c1-22-9-3-8-17-16(21)14-10-13(18-19-14)15(20)11-4-6-12(23-2)7-5-11/h4-7,14,19H,3,8-10H2,1-2H3,(H,17,21). The van der Waals surface area contributed by atoms with Crippen LogP contribution in [0.2, 0.25) is 0 Å². The molecule has 1 aromatic carbocycles. The Morgan fingerprint density at radius 3 is 2.70 bits per heavy atom. The second kappa shape index (κ2) is 8.28. The van der Waals surface area contributed by atoms with Crippen LogP contribution in [0, 0.1) is 0 Å². The van der Waals surface area contributed by atoms with E-state index < -0.39 is 6.04 Å². The number of carbonyl (C=O) groups is 2. The fourth-order valence-electron chi connectivity index (χ4n) is 2.20. The van der Waals surface area contributed by atoms with E-state index in [9.17, 15) is 9.59 Å². The van der Waals surface area contributed by atoms with Crippen molar-refractivity contribution in [1.29, 1.82) is 0 Å². The number of amides is 1. The van der Waals surface area contributed by atoms with E-state index in [4.69, 9.17) is 9.47 Å². The summed E-state index contributed by atoms with van der Waals surface area (Å²) in [4.78, 5) is 24.3. The highest BCUT2D eigenvalue weighted by Gasteiger charge is 2.29. The number of Topliss-reactive ketones (excluding diaryl/α,β-unsaturated/α-hetero) is 1. The summed E-state index contributed by atoms with van der Waals surface area (Å²) in [5.41, 5.74) is 3.59. The second-order valence-electron chi connectivity index (χ2n) is 5.14. The Kier molecular flexibility index (Phi) is 6.10. The van der Waals surface area contributed by atoms with Crippen molar-refractivity contribution in [2.75, 3.05) is 27.4 Å². The molecular formula is C16H21N3O4. The molecule has 0 saturated carbocycles. The van der Waals surface area contributed by atoms with E-state index in [1.54, 1.807) is 38.5 Å². The summed E-state index contributed by atoms with van der Waals surface area (Å²) in [6.45, 7) is 1.13. The second-order valence-corrected chi connectivity index (χ2v) is 5.14. The van der Waals surface area contributed by atoms with Crippen molar-refractivity contribution in [3.05, 3.63) is 29.8 Å². The molecule has 2 N–H and O–H groups in total. The van der Waals surface area contributed by atoms with Crippen molar-refractivity contribution in [1.82, 2.24) is 10.7 Å². The molecule has 2 rings (SSSR count). The molecule has 0 radical (unpaired) electrons. The lowest BCUT2D eigenvalue weighted by Gasteiger charge is -2.10. The van der Waals surface area contributed by atoms with Crippen LogP contribution in [0.3, 0.4) is 0 Å². The molecule has 23 heavy (non-hydrogen) atoms. The number of nitrogens with one attached hydrogen (secondary N) is 2. The van der Waals surface area contributed by atoms with Gasteiger partial charge in [-0.15, -0.1) is 0 Å². The Morgan fingerprint density at radius 2 is 2.04 bits per heavy atom. The number of rotatable bonds is 8. The van der Waals surface area contributed by atoms with E-state index in [1.807, 2.05) is 0 Å². The summed E-state index contributed by atoms with van der Waals surface area (Å²) >= 11 is 0. The molecule has 0 saturated heterocycles. The van der Waals surface area contributed by atoms with E-state index in [2.05, 4.69) is 15.8 Å². The number of ether oxygens (including phenoxy) is 2. The van der Waals surface area contributed by atoms with Crippen LogP contribution >= 0.6 is 0 Å². The Labute approximate surface area is 135 Å². The van der Waals surface area contributed by atoms with Gasteiger partial charge in [-0.05, 0) is 30.7 Å². The van der Waals surface area contributed by atoms with Gasteiger partial charge in [0.15, 0.2) is 0 Å². The quantitative estimate of drug-likeness (QED) is 0.545. The largest absolute Gasteiger partial charge is 0.497 e. The average molecular weight is 319 g/mol. The minimum absolute atomic E-state index is 0.164. The van der Waals surface area contributed by atoms with E-state index in [0.29, 0.717) is 30.2 Å². The monoisotopic (exact) mass is 319 g/mol. The van der Waals surface area contributed by atoms with Gasteiger partial charge in [0.2, 0.25) is 11.7 Å². The molecule has 7 nitrogen and oxygen atoms in total. The number of benzene rings is 1. The molecule has 1 atom stereocenters. The summed E-state index contributed by atoms with van der Waals surface area (Å²) in [7, 11) is 3.18. The van der Waals surface area contributed by atoms with Gasteiger partial charge >= 0.3 is 0 Å². The number of hydrogen-bond acceptors (Lipinski definition) is 6. The number of hydrogen-bond donors (Lipinski definition) is 2. The smallest absolute Gasteiger partial charge is 0.244 e. The lowest BCUT2D eigenvalue weighted by Crippen LogP contribution is -2.40. The van der Waals surface area contributed by atoms with Crippen molar-refractivity contribution in [2.45, 2.75) is 18.9 Å². The van der Waals surface area contributed by atoms with Gasteiger partial charge in [-0.25, -0.2) is 0 Å². The van der Waals surface area contributed by atoms with Crippen LogP contribution in [0.25, 0.3) is 0 Å². The molecular weight excluding hydrogens is 298 g/mol. The summed E-state index contributed by atoms with van der Waals surface area (Å²) in [5, 5.41) is 6.79. The first kappa shape index (κ1) is 17.0. The Morgan fingerprint density at radius 1 is 1.30 bits per heavy atom. The van der Waals surface area contributed by atoms with Crippen LogP contribution in [0.15, 0.2) is 29.4 Å². The van der Waals surface area contributed by atoms with Crippen molar-refractivity contribution in [3.8, 4) is 5.75 Å². The van der Waals surface area contributed by atoms with E-state index >= 15 is 0 Å². The normalized spacial score (nSPS) is 16.4. The number of nitrogens with zero attached hydrogens (tertiary/aromatic N) is 1. The zero-order chi connectivity index (χ0) is 16.7. The molecule has 124 valence electrons. The van der Waals surface area contributed by atoms with Gasteiger partial charge in [0, 0.05) is 32.2 Å². The molecule has 1 aliphatic rings. The van der Waals surface area contributed by atoms with Crippen molar-refractivity contribution < 1.29 is 19.1 Å². The fraction of sp³-hybridized carbons (Fsp3) is 0.438. The maximum atomic E-state index is 12.4. The van der Waals surface area contributed by atoms with Crippen LogP contribution in [0.1, 0.15) is 23.2 Å². The minimum Gasteiger partial charge on any atom is -0.497 e. The molecule has 7 heteroatoms. The Balaban J connectivity index is 1.85. The number of carbonyl (C=O) groups excluding carboxylic acids is 2. The first-order chi connectivity index (χ1) is 11.2. The summed E-state index contributed by atoms with van der Waals surface area (Å²) in [5.74, 6) is 0.332. The van der Waals surface area contributed by atoms with Gasteiger partial charge in [-0.1, -0.05) is 0 Å². The van der Waals surface area contributed by atoms with Gasteiger partial charge < -0.3 is 14.8 Å². The molecule has 0 aliphatic carbocycles. The summed E-state index contributed by atoms with van der Waals surface area (Å²) in [6.07, 6.45) is 1.02. The van der Waals surface area contributed by atoms with Crippen LogP contribution in [0.4, 0.5) is 0 Å². The predicted molar refractivity (Wildman–Crippen MR) is 85.8 cm³/mol. The third-order valence-electron chi connectivity index (χ3n) is 3.51. The van der Waals surface area contributed by atoms with Gasteiger partial charge in [-0.2, -0.15) is 5.10 Å². The van der Waals surface area contributed by atoms with Gasteiger partial charge in [-0.3, -0.25) is 15.0 Å². The minimum atomic E-state index is -0.505. The van der Waals surface area contributed by atoms with E-state index in [0.717, 1.165) is 6.42 Å². The van der Waals surface area contributed by atoms with Crippen molar-refractivity contribution in [2.24, 2.45) is 5.10 Å². The lowest BCUT2D eigenvalue weighted by molar-refractivity contribution is -0.122. The number of methoxy groups -OCH3 is 2. The molecule has 1 heterocycles. The van der Waals surface area contributed by atoms with E-state index in [-0.39, 0.29) is 18.1 Å². The molecule has 1 amide bonds. The molecule has 0 bridgehead atoms. The maximum Gasteiger partial charge on any atom is 0.244 e. The maximum absolute atomic E-state index is 12.4. The lowest BCUT2D eigenvalue weighted by atomic mass is 10.0. The van der Waals surface area contributed by atoms with E-state index in [1.165, 1.54) is 0 Å². The van der Waals surface area contributed by atoms with Crippen LogP contribution in [-0.2, 0) is 9.53 Å². The Bertz CT molecular complexity index is 583. The highest BCUT2D eigenvalue weighted by molar-refractivity contribution is 6.46. The number of hydrazone groups is 1. The number of ketones is 1. The molecule has 1 unspecified atom stereocenters. The van der Waals surface area contributed by atoms with Crippen LogP contribution in [0.5, 0.6) is 5.75 Å². The highest BCUT2D eigenvalue weighted by Crippen LogP contribution is 2.15. The first-order valence-electron chi connectivity index (χ1n) is 7.43. The SMILES string of the molecule is COCCCNC(=O)C1CC(C(=O)c2ccc(OC)cc2)=NN1. The van der Waals surface area contributed by atoms with Gasteiger partial charge in [0.05, 0.1) is 7.11 Å². The zero-order valence-corrected chi connectivity index (χ0v) is 13.3. The topological polar surface area (TPSA) is 89.0 Å². The summed E-state index contributed by atoms with van der Waals surface area (Å²) in [6, 6.07) is 6.30. The van der Waals surface area contributed by atoms with Gasteiger partial charge in [0.1, 0.15) is 17.5 Å². The fourth-order valence-corrected chi connectivity index (χ4v) is 2.20. The third kappa shape index (κ3) is 4.53. The van der Waals surface area contributed by atoms with Crippen LogP contribution in [-0.4, -0.2) is 50.8 Å². The molecule has 0 fully saturated rings. The van der Waals surface area contributed by atoms with Crippen LogP contribution < -0.4 is 15.5 Å². The third-order valence-corrected chi connectivity index (χ3v) is 3.51. The average Bonchev–Trinajstić information content (AvgIpc) is 3.08. The van der Waals surface area contributed by atoms with Crippen molar-refractivity contribution >= 4 is 17.4 Å². The first-order valence-corrected chi connectivity index (χ1v) is 7.43. The zero-order valence-electron chi connectivity index (χ0n) is 13.3. The molecule has 1 aromatic rings. The molecule has 0 spiro atoms. The Hall–Kier alpha value is -2.41.